The predicted molar refractivity (Wildman–Crippen MR) is 71.0 cm³/mol. The number of methoxy groups -OCH3 is 1. The van der Waals surface area contributed by atoms with Crippen LogP contribution >= 0.6 is 0 Å². The van der Waals surface area contributed by atoms with Gasteiger partial charge in [-0.3, -0.25) is 4.79 Å². The third kappa shape index (κ3) is 3.74. The SMILES string of the molecule is COc1cc(C(=O)N(C)CCC(C)O)ccc1C. The van der Waals surface area contributed by atoms with Gasteiger partial charge in [0, 0.05) is 19.2 Å². The van der Waals surface area contributed by atoms with Crippen LogP contribution in [0.2, 0.25) is 0 Å². The molecule has 1 amide bonds. The number of amides is 1. The van der Waals surface area contributed by atoms with Crippen LogP contribution in [0, 0.1) is 6.92 Å². The lowest BCUT2D eigenvalue weighted by atomic mass is 10.1. The van der Waals surface area contributed by atoms with Crippen molar-refractivity contribution in [2.45, 2.75) is 26.4 Å². The van der Waals surface area contributed by atoms with Crippen molar-refractivity contribution < 1.29 is 14.6 Å². The van der Waals surface area contributed by atoms with Crippen molar-refractivity contribution in [1.29, 1.82) is 0 Å². The van der Waals surface area contributed by atoms with Crippen LogP contribution in [0.4, 0.5) is 0 Å². The summed E-state index contributed by atoms with van der Waals surface area (Å²) in [6.07, 6.45) is 0.179. The van der Waals surface area contributed by atoms with Gasteiger partial charge in [0.25, 0.3) is 5.91 Å². The highest BCUT2D eigenvalue weighted by molar-refractivity contribution is 5.94. The number of aliphatic hydroxyl groups excluding tert-OH is 1. The van der Waals surface area contributed by atoms with E-state index in [1.54, 1.807) is 38.1 Å². The molecular formula is C14H21NO3. The van der Waals surface area contributed by atoms with Gasteiger partial charge in [-0.05, 0) is 38.0 Å². The van der Waals surface area contributed by atoms with Crippen molar-refractivity contribution in [2.75, 3.05) is 20.7 Å². The molecule has 4 nitrogen and oxygen atoms in total. The quantitative estimate of drug-likeness (QED) is 0.868. The summed E-state index contributed by atoms with van der Waals surface area (Å²) in [7, 11) is 3.32. The Morgan fingerprint density at radius 3 is 2.72 bits per heavy atom. The number of aryl methyl sites for hydroxylation is 1. The van der Waals surface area contributed by atoms with Crippen LogP contribution in [0.5, 0.6) is 5.75 Å². The topological polar surface area (TPSA) is 49.8 Å². The number of hydrogen-bond donors (Lipinski definition) is 1. The molecule has 1 aromatic rings. The van der Waals surface area contributed by atoms with Gasteiger partial charge in [0.1, 0.15) is 5.75 Å². The molecule has 1 unspecified atom stereocenters. The number of nitrogens with zero attached hydrogens (tertiary/aromatic N) is 1. The Morgan fingerprint density at radius 1 is 1.50 bits per heavy atom. The van der Waals surface area contributed by atoms with E-state index in [-0.39, 0.29) is 5.91 Å². The van der Waals surface area contributed by atoms with E-state index < -0.39 is 6.10 Å². The summed E-state index contributed by atoms with van der Waals surface area (Å²) in [6.45, 7) is 4.18. The molecule has 0 aliphatic rings. The Balaban J connectivity index is 2.77. The van der Waals surface area contributed by atoms with Crippen LogP contribution in [-0.2, 0) is 0 Å². The van der Waals surface area contributed by atoms with Gasteiger partial charge in [-0.15, -0.1) is 0 Å². The van der Waals surface area contributed by atoms with Crippen LogP contribution < -0.4 is 4.74 Å². The maximum absolute atomic E-state index is 12.1. The standard InChI is InChI=1S/C14H21NO3/c1-10-5-6-12(9-13(10)18-4)14(17)15(3)8-7-11(2)16/h5-6,9,11,16H,7-8H2,1-4H3. The van der Waals surface area contributed by atoms with Crippen molar-refractivity contribution in [3.63, 3.8) is 0 Å². The zero-order valence-electron chi connectivity index (χ0n) is 11.4. The van der Waals surface area contributed by atoms with Gasteiger partial charge in [0.05, 0.1) is 13.2 Å². The average Bonchev–Trinajstić information content (AvgIpc) is 2.35. The maximum atomic E-state index is 12.1. The van der Waals surface area contributed by atoms with Crippen LogP contribution in [-0.4, -0.2) is 42.7 Å². The normalized spacial score (nSPS) is 12.1. The Morgan fingerprint density at radius 2 is 2.17 bits per heavy atom. The second kappa shape index (κ2) is 6.40. The third-order valence-electron chi connectivity index (χ3n) is 2.88. The molecule has 0 spiro atoms. The van der Waals surface area contributed by atoms with Crippen LogP contribution in [0.3, 0.4) is 0 Å². The molecule has 0 saturated heterocycles. The van der Waals surface area contributed by atoms with Crippen LogP contribution in [0.15, 0.2) is 18.2 Å². The summed E-state index contributed by atoms with van der Waals surface area (Å²) in [5.41, 5.74) is 1.60. The minimum atomic E-state index is -0.396. The van der Waals surface area contributed by atoms with Crippen molar-refractivity contribution >= 4 is 5.91 Å². The van der Waals surface area contributed by atoms with Gasteiger partial charge in [-0.2, -0.15) is 0 Å². The van der Waals surface area contributed by atoms with Crippen LogP contribution in [0.25, 0.3) is 0 Å². The van der Waals surface area contributed by atoms with E-state index in [4.69, 9.17) is 4.74 Å². The molecule has 0 radical (unpaired) electrons. The molecule has 0 aliphatic carbocycles. The van der Waals surface area contributed by atoms with E-state index in [1.165, 1.54) is 0 Å². The molecule has 4 heteroatoms. The minimum Gasteiger partial charge on any atom is -0.496 e. The number of carbonyl (C=O) groups excluding carboxylic acids is 1. The van der Waals surface area contributed by atoms with Gasteiger partial charge >= 0.3 is 0 Å². The Bertz CT molecular complexity index is 416. The number of carbonyl (C=O) groups is 1. The van der Waals surface area contributed by atoms with Gasteiger partial charge < -0.3 is 14.7 Å². The van der Waals surface area contributed by atoms with Crippen LogP contribution in [0.1, 0.15) is 29.3 Å². The molecule has 18 heavy (non-hydrogen) atoms. The third-order valence-corrected chi connectivity index (χ3v) is 2.88. The first-order valence-electron chi connectivity index (χ1n) is 6.04. The average molecular weight is 251 g/mol. The van der Waals surface area contributed by atoms with E-state index in [0.29, 0.717) is 24.3 Å². The second-order valence-electron chi connectivity index (χ2n) is 4.55. The molecule has 0 aromatic heterocycles. The summed E-state index contributed by atoms with van der Waals surface area (Å²) in [5, 5.41) is 9.21. The lowest BCUT2D eigenvalue weighted by Crippen LogP contribution is -2.29. The number of aliphatic hydroxyl groups is 1. The molecule has 0 aliphatic heterocycles. The van der Waals surface area contributed by atoms with Gasteiger partial charge in [0.2, 0.25) is 0 Å². The van der Waals surface area contributed by atoms with Gasteiger partial charge in [-0.1, -0.05) is 6.07 Å². The minimum absolute atomic E-state index is 0.0612. The van der Waals surface area contributed by atoms with Crippen molar-refractivity contribution in [3.05, 3.63) is 29.3 Å². The van der Waals surface area contributed by atoms with E-state index in [9.17, 15) is 9.90 Å². The summed E-state index contributed by atoms with van der Waals surface area (Å²) in [5.74, 6) is 0.652. The molecule has 0 fully saturated rings. The fourth-order valence-electron chi connectivity index (χ4n) is 1.66. The molecule has 1 N–H and O–H groups in total. The monoisotopic (exact) mass is 251 g/mol. The fourth-order valence-corrected chi connectivity index (χ4v) is 1.66. The number of ether oxygens (including phenoxy) is 1. The first kappa shape index (κ1) is 14.5. The zero-order valence-corrected chi connectivity index (χ0v) is 11.4. The Labute approximate surface area is 108 Å². The smallest absolute Gasteiger partial charge is 0.253 e. The van der Waals surface area contributed by atoms with Gasteiger partial charge in [0.15, 0.2) is 0 Å². The summed E-state index contributed by atoms with van der Waals surface area (Å²) in [6, 6.07) is 5.41. The maximum Gasteiger partial charge on any atom is 0.253 e. The Hall–Kier alpha value is -1.55. The second-order valence-corrected chi connectivity index (χ2v) is 4.55. The summed E-state index contributed by atoms with van der Waals surface area (Å²) >= 11 is 0. The van der Waals surface area contributed by atoms with Crippen molar-refractivity contribution in [1.82, 2.24) is 4.90 Å². The van der Waals surface area contributed by atoms with Crippen molar-refractivity contribution in [2.24, 2.45) is 0 Å². The molecule has 0 saturated carbocycles. The first-order chi connectivity index (χ1) is 8.45. The van der Waals surface area contributed by atoms with E-state index in [1.807, 2.05) is 13.0 Å². The number of rotatable bonds is 5. The highest BCUT2D eigenvalue weighted by Gasteiger charge is 2.13. The van der Waals surface area contributed by atoms with Crippen molar-refractivity contribution in [3.8, 4) is 5.75 Å². The van der Waals surface area contributed by atoms with E-state index >= 15 is 0 Å². The fraction of sp³-hybridized carbons (Fsp3) is 0.500. The summed E-state index contributed by atoms with van der Waals surface area (Å²) < 4.78 is 5.20. The highest BCUT2D eigenvalue weighted by atomic mass is 16.5. The molecule has 0 heterocycles. The van der Waals surface area contributed by atoms with E-state index in [2.05, 4.69) is 0 Å². The first-order valence-corrected chi connectivity index (χ1v) is 6.04. The molecule has 100 valence electrons. The lowest BCUT2D eigenvalue weighted by molar-refractivity contribution is 0.0768. The highest BCUT2D eigenvalue weighted by Crippen LogP contribution is 2.19. The number of benzene rings is 1. The zero-order chi connectivity index (χ0) is 13.7. The Kier molecular flexibility index (Phi) is 5.16. The van der Waals surface area contributed by atoms with E-state index in [0.717, 1.165) is 5.56 Å². The molecular weight excluding hydrogens is 230 g/mol. The summed E-state index contributed by atoms with van der Waals surface area (Å²) in [4.78, 5) is 13.7. The molecule has 1 rings (SSSR count). The predicted octanol–water partition coefficient (Wildman–Crippen LogP) is 1.85. The van der Waals surface area contributed by atoms with Gasteiger partial charge in [-0.25, -0.2) is 0 Å². The number of hydrogen-bond acceptors (Lipinski definition) is 3. The molecule has 0 bridgehead atoms. The largest absolute Gasteiger partial charge is 0.496 e. The molecule has 1 atom stereocenters. The molecule has 1 aromatic carbocycles. The lowest BCUT2D eigenvalue weighted by Gasteiger charge is -2.18.